The Kier molecular flexibility index (Phi) is 4.54. The van der Waals surface area contributed by atoms with E-state index in [2.05, 4.69) is 5.32 Å². The standard InChI is InChI=1S/C15H11ClF2N2/c16-15-8-14(2-1-11(15)9-19)20-4-3-10-5-12(17)7-13(18)6-10/h1-2,5-8,20H,3-4H2. The van der Waals surface area contributed by atoms with Gasteiger partial charge in [-0.05, 0) is 42.3 Å². The molecule has 0 saturated heterocycles. The second-order valence-corrected chi connectivity index (χ2v) is 4.67. The van der Waals surface area contributed by atoms with Crippen molar-refractivity contribution in [3.63, 3.8) is 0 Å². The number of nitriles is 1. The lowest BCUT2D eigenvalue weighted by molar-refractivity contribution is 0.580. The maximum atomic E-state index is 13.0. The van der Waals surface area contributed by atoms with Gasteiger partial charge in [-0.25, -0.2) is 8.78 Å². The molecule has 0 atom stereocenters. The van der Waals surface area contributed by atoms with Gasteiger partial charge in [0, 0.05) is 18.3 Å². The van der Waals surface area contributed by atoms with E-state index in [0.717, 1.165) is 11.8 Å². The van der Waals surface area contributed by atoms with E-state index in [1.54, 1.807) is 18.2 Å². The minimum atomic E-state index is -0.582. The monoisotopic (exact) mass is 292 g/mol. The number of hydrogen-bond acceptors (Lipinski definition) is 2. The zero-order valence-electron chi connectivity index (χ0n) is 10.5. The van der Waals surface area contributed by atoms with Crippen LogP contribution in [-0.4, -0.2) is 6.54 Å². The molecule has 0 aromatic heterocycles. The Labute approximate surface area is 120 Å². The van der Waals surface area contributed by atoms with Crippen molar-refractivity contribution in [1.29, 1.82) is 5.26 Å². The molecule has 2 aromatic carbocycles. The average Bonchev–Trinajstić information content (AvgIpc) is 2.38. The van der Waals surface area contributed by atoms with Crippen molar-refractivity contribution in [2.75, 3.05) is 11.9 Å². The van der Waals surface area contributed by atoms with Crippen LogP contribution in [0, 0.1) is 23.0 Å². The summed E-state index contributed by atoms with van der Waals surface area (Å²) >= 11 is 5.91. The minimum Gasteiger partial charge on any atom is -0.385 e. The summed E-state index contributed by atoms with van der Waals surface area (Å²) in [6.45, 7) is 0.505. The number of nitrogens with zero attached hydrogens (tertiary/aromatic N) is 1. The predicted molar refractivity (Wildman–Crippen MR) is 74.7 cm³/mol. The molecule has 0 amide bonds. The largest absolute Gasteiger partial charge is 0.385 e. The molecule has 0 fully saturated rings. The van der Waals surface area contributed by atoms with E-state index in [1.807, 2.05) is 6.07 Å². The molecular formula is C15H11ClF2N2. The second kappa shape index (κ2) is 6.36. The van der Waals surface area contributed by atoms with E-state index >= 15 is 0 Å². The van der Waals surface area contributed by atoms with Gasteiger partial charge in [0.2, 0.25) is 0 Å². The van der Waals surface area contributed by atoms with E-state index in [1.165, 1.54) is 12.1 Å². The van der Waals surface area contributed by atoms with Gasteiger partial charge in [-0.3, -0.25) is 0 Å². The second-order valence-electron chi connectivity index (χ2n) is 4.26. The molecule has 0 heterocycles. The third-order valence-corrected chi connectivity index (χ3v) is 3.07. The molecular weight excluding hydrogens is 282 g/mol. The minimum absolute atomic E-state index is 0.370. The van der Waals surface area contributed by atoms with E-state index in [-0.39, 0.29) is 0 Å². The highest BCUT2D eigenvalue weighted by molar-refractivity contribution is 6.32. The molecule has 2 nitrogen and oxygen atoms in total. The fraction of sp³-hybridized carbons (Fsp3) is 0.133. The SMILES string of the molecule is N#Cc1ccc(NCCc2cc(F)cc(F)c2)cc1Cl. The van der Waals surface area contributed by atoms with Crippen LogP contribution in [0.15, 0.2) is 36.4 Å². The first-order valence-electron chi connectivity index (χ1n) is 5.97. The third-order valence-electron chi connectivity index (χ3n) is 2.75. The van der Waals surface area contributed by atoms with Crippen LogP contribution in [0.1, 0.15) is 11.1 Å². The molecule has 0 spiro atoms. The molecule has 0 aliphatic carbocycles. The smallest absolute Gasteiger partial charge is 0.126 e. The number of halogens is 3. The zero-order chi connectivity index (χ0) is 14.5. The predicted octanol–water partition coefficient (Wildman–Crippen LogP) is 4.14. The number of hydrogen-bond donors (Lipinski definition) is 1. The van der Waals surface area contributed by atoms with Crippen molar-refractivity contribution in [1.82, 2.24) is 0 Å². The maximum absolute atomic E-state index is 13.0. The van der Waals surface area contributed by atoms with Crippen LogP contribution in [0.25, 0.3) is 0 Å². The van der Waals surface area contributed by atoms with E-state index in [4.69, 9.17) is 16.9 Å². The van der Waals surface area contributed by atoms with Gasteiger partial charge in [-0.2, -0.15) is 5.26 Å². The van der Waals surface area contributed by atoms with Crippen LogP contribution in [0.4, 0.5) is 14.5 Å². The fourth-order valence-electron chi connectivity index (χ4n) is 1.82. The summed E-state index contributed by atoms with van der Waals surface area (Å²) in [5, 5.41) is 12.2. The highest BCUT2D eigenvalue weighted by Gasteiger charge is 2.02. The molecule has 0 unspecified atom stereocenters. The van der Waals surface area contributed by atoms with Crippen molar-refractivity contribution in [2.24, 2.45) is 0 Å². The Morgan fingerprint density at radius 1 is 1.10 bits per heavy atom. The average molecular weight is 293 g/mol. The van der Waals surface area contributed by atoms with Gasteiger partial charge in [0.1, 0.15) is 17.7 Å². The van der Waals surface area contributed by atoms with Crippen molar-refractivity contribution < 1.29 is 8.78 Å². The van der Waals surface area contributed by atoms with Gasteiger partial charge >= 0.3 is 0 Å². The number of rotatable bonds is 4. The summed E-state index contributed by atoms with van der Waals surface area (Å²) in [5.41, 5.74) is 1.74. The maximum Gasteiger partial charge on any atom is 0.126 e. The topological polar surface area (TPSA) is 35.8 Å². The lowest BCUT2D eigenvalue weighted by atomic mass is 10.1. The van der Waals surface area contributed by atoms with E-state index < -0.39 is 11.6 Å². The van der Waals surface area contributed by atoms with Crippen LogP contribution in [0.3, 0.4) is 0 Å². The third kappa shape index (κ3) is 3.69. The van der Waals surface area contributed by atoms with Crippen molar-refractivity contribution in [3.05, 3.63) is 64.2 Å². The molecule has 0 aliphatic heterocycles. The number of anilines is 1. The molecule has 102 valence electrons. The first kappa shape index (κ1) is 14.3. The van der Waals surface area contributed by atoms with Crippen LogP contribution in [-0.2, 0) is 6.42 Å². The molecule has 20 heavy (non-hydrogen) atoms. The summed E-state index contributed by atoms with van der Waals surface area (Å²) in [6, 6.07) is 10.4. The highest BCUT2D eigenvalue weighted by atomic mass is 35.5. The fourth-order valence-corrected chi connectivity index (χ4v) is 2.05. The molecule has 5 heteroatoms. The first-order valence-corrected chi connectivity index (χ1v) is 6.35. The van der Waals surface area contributed by atoms with Gasteiger partial charge in [-0.1, -0.05) is 11.6 Å². The zero-order valence-corrected chi connectivity index (χ0v) is 11.2. The van der Waals surface area contributed by atoms with Gasteiger partial charge in [-0.15, -0.1) is 0 Å². The normalized spacial score (nSPS) is 10.1. The molecule has 0 saturated carbocycles. The Morgan fingerprint density at radius 2 is 1.80 bits per heavy atom. The molecule has 2 rings (SSSR count). The molecule has 0 aliphatic rings. The van der Waals surface area contributed by atoms with Crippen molar-refractivity contribution >= 4 is 17.3 Å². The summed E-state index contributed by atoms with van der Waals surface area (Å²) in [4.78, 5) is 0. The Bertz CT molecular complexity index is 645. The van der Waals surface area contributed by atoms with Crippen LogP contribution in [0.2, 0.25) is 5.02 Å². The van der Waals surface area contributed by atoms with Gasteiger partial charge in [0.25, 0.3) is 0 Å². The summed E-state index contributed by atoms with van der Waals surface area (Å²) in [7, 11) is 0. The van der Waals surface area contributed by atoms with Gasteiger partial charge in [0.15, 0.2) is 0 Å². The Morgan fingerprint density at radius 3 is 2.40 bits per heavy atom. The van der Waals surface area contributed by atoms with E-state index in [9.17, 15) is 8.78 Å². The number of nitrogens with one attached hydrogen (secondary N) is 1. The van der Waals surface area contributed by atoms with Crippen molar-refractivity contribution in [2.45, 2.75) is 6.42 Å². The van der Waals surface area contributed by atoms with Crippen molar-refractivity contribution in [3.8, 4) is 6.07 Å². The van der Waals surface area contributed by atoms with E-state index in [0.29, 0.717) is 29.1 Å². The van der Waals surface area contributed by atoms with Crippen LogP contribution >= 0.6 is 11.6 Å². The van der Waals surface area contributed by atoms with Crippen LogP contribution in [0.5, 0.6) is 0 Å². The van der Waals surface area contributed by atoms with Crippen LogP contribution < -0.4 is 5.32 Å². The number of benzene rings is 2. The quantitative estimate of drug-likeness (QED) is 0.919. The Balaban J connectivity index is 1.96. The lowest BCUT2D eigenvalue weighted by Gasteiger charge is -2.07. The lowest BCUT2D eigenvalue weighted by Crippen LogP contribution is -2.05. The highest BCUT2D eigenvalue weighted by Crippen LogP contribution is 2.20. The molecule has 0 bridgehead atoms. The van der Waals surface area contributed by atoms with Gasteiger partial charge < -0.3 is 5.32 Å². The summed E-state index contributed by atoms with van der Waals surface area (Å²) < 4.78 is 26.0. The molecule has 1 N–H and O–H groups in total. The first-order chi connectivity index (χ1) is 9.58. The molecule has 2 aromatic rings. The summed E-state index contributed by atoms with van der Waals surface area (Å²) in [6.07, 6.45) is 0.478. The summed E-state index contributed by atoms with van der Waals surface area (Å²) in [5.74, 6) is -1.16. The molecule has 0 radical (unpaired) electrons. The Hall–Kier alpha value is -2.12. The van der Waals surface area contributed by atoms with Gasteiger partial charge in [0.05, 0.1) is 10.6 Å².